The molecule has 0 aliphatic carbocycles. The van der Waals surface area contributed by atoms with Gasteiger partial charge >= 0.3 is 6.18 Å². The van der Waals surface area contributed by atoms with Crippen LogP contribution in [0.2, 0.25) is 0 Å². The molecule has 0 radical (unpaired) electrons. The fraction of sp³-hybridized carbons (Fsp3) is 0.357. The summed E-state index contributed by atoms with van der Waals surface area (Å²) in [6.07, 6.45) is -0.171. The van der Waals surface area contributed by atoms with Crippen LogP contribution in [0.1, 0.15) is 39.2 Å². The number of hydrazine groups is 2. The molecule has 1 aliphatic rings. The monoisotopic (exact) mass is 556 g/mol. The summed E-state index contributed by atoms with van der Waals surface area (Å²) in [6, 6.07) is 8.78. The minimum absolute atomic E-state index is 0.0680. The molecule has 214 valence electrons. The fourth-order valence-electron chi connectivity index (χ4n) is 4.37. The molecule has 3 N–H and O–H groups in total. The highest BCUT2D eigenvalue weighted by atomic mass is 19.4. The van der Waals surface area contributed by atoms with Crippen molar-refractivity contribution in [2.45, 2.75) is 26.4 Å². The van der Waals surface area contributed by atoms with Crippen molar-refractivity contribution in [2.75, 3.05) is 49.5 Å². The molecule has 0 bridgehead atoms. The predicted octanol–water partition coefficient (Wildman–Crippen LogP) is 4.52. The van der Waals surface area contributed by atoms with Crippen molar-refractivity contribution in [3.63, 3.8) is 0 Å². The van der Waals surface area contributed by atoms with Crippen LogP contribution in [0, 0.1) is 13.8 Å². The maximum Gasteiger partial charge on any atom is 0.416 e. The highest BCUT2D eigenvalue weighted by Gasteiger charge is 2.32. The van der Waals surface area contributed by atoms with Crippen LogP contribution in [0.25, 0.3) is 5.70 Å². The van der Waals surface area contributed by atoms with E-state index in [-0.39, 0.29) is 5.56 Å². The van der Waals surface area contributed by atoms with E-state index in [1.807, 2.05) is 52.2 Å². The van der Waals surface area contributed by atoms with Gasteiger partial charge in [-0.05, 0) is 76.8 Å². The molecule has 40 heavy (non-hydrogen) atoms. The Morgan fingerprint density at radius 3 is 2.48 bits per heavy atom. The van der Waals surface area contributed by atoms with Crippen LogP contribution in [-0.4, -0.2) is 54.8 Å². The minimum atomic E-state index is -4.59. The lowest BCUT2D eigenvalue weighted by molar-refractivity contribution is -0.137. The number of rotatable bonds is 9. The van der Waals surface area contributed by atoms with Gasteiger partial charge in [0.1, 0.15) is 0 Å². The summed E-state index contributed by atoms with van der Waals surface area (Å²) in [6.45, 7) is 5.24. The number of hydrogen-bond donors (Lipinski definition) is 3. The van der Waals surface area contributed by atoms with Gasteiger partial charge in [-0.1, -0.05) is 6.07 Å². The predicted molar refractivity (Wildman–Crippen MR) is 152 cm³/mol. The molecule has 0 atom stereocenters. The number of halogens is 3. The molecule has 1 amide bonds. The lowest BCUT2D eigenvalue weighted by atomic mass is 10.1. The topological polar surface area (TPSA) is 80.7 Å². The van der Waals surface area contributed by atoms with E-state index in [4.69, 9.17) is 0 Å². The number of carbonyl (C=O) groups is 1. The Hall–Kier alpha value is -4.03. The smallest absolute Gasteiger partial charge is 0.375 e. The van der Waals surface area contributed by atoms with Gasteiger partial charge in [-0.3, -0.25) is 14.5 Å². The molecule has 1 aliphatic heterocycles. The Kier molecular flexibility index (Phi) is 8.40. The third-order valence-electron chi connectivity index (χ3n) is 6.87. The van der Waals surface area contributed by atoms with E-state index in [1.54, 1.807) is 40.0 Å². The zero-order valence-corrected chi connectivity index (χ0v) is 23.5. The van der Waals surface area contributed by atoms with Crippen LogP contribution in [0.4, 0.5) is 30.2 Å². The molecular formula is C28H35F3N8O. The summed E-state index contributed by atoms with van der Waals surface area (Å²) in [5, 5.41) is 8.82. The average Bonchev–Trinajstić information content (AvgIpc) is 3.50. The number of benzene rings is 2. The van der Waals surface area contributed by atoms with Crippen LogP contribution in [-0.2, 0) is 13.2 Å². The average molecular weight is 557 g/mol. The second-order valence-electron chi connectivity index (χ2n) is 10.2. The van der Waals surface area contributed by atoms with Crippen LogP contribution < -0.4 is 26.2 Å². The molecule has 3 aromatic rings. The Labute approximate surface area is 232 Å². The molecule has 12 heteroatoms. The number of nitrogens with one attached hydrogen (secondary N) is 3. The normalized spacial score (nSPS) is 13.4. The zero-order valence-electron chi connectivity index (χ0n) is 23.5. The van der Waals surface area contributed by atoms with Crippen LogP contribution in [0.15, 0.2) is 48.8 Å². The molecule has 4 rings (SSSR count). The molecule has 1 aromatic heterocycles. The molecule has 0 saturated heterocycles. The fourth-order valence-corrected chi connectivity index (χ4v) is 4.37. The number of nitrogens with zero attached hydrogens (tertiary/aromatic N) is 5. The van der Waals surface area contributed by atoms with Crippen LogP contribution in [0.3, 0.4) is 0 Å². The van der Waals surface area contributed by atoms with E-state index in [1.165, 1.54) is 6.07 Å². The van der Waals surface area contributed by atoms with Crippen molar-refractivity contribution in [1.29, 1.82) is 0 Å². The molecule has 0 spiro atoms. The first kappa shape index (κ1) is 29.0. The Balaban J connectivity index is 1.56. The number of hydrogen-bond acceptors (Lipinski definition) is 7. The van der Waals surface area contributed by atoms with E-state index < -0.39 is 17.6 Å². The minimum Gasteiger partial charge on any atom is -0.375 e. The van der Waals surface area contributed by atoms with E-state index in [0.29, 0.717) is 17.9 Å². The van der Waals surface area contributed by atoms with Gasteiger partial charge in [-0.15, -0.1) is 5.53 Å². The molecule has 9 nitrogen and oxygen atoms in total. The van der Waals surface area contributed by atoms with E-state index in [9.17, 15) is 18.0 Å². The first-order valence-corrected chi connectivity index (χ1v) is 12.9. The SMILES string of the molecule is Cc1ccc(NC(=O)c2cc(N(C)CCCN(C)C)cc(C(F)(F)F)c2)cc1N1C=C(c2cnn(C)c2C)NN1. The number of aryl methyl sites for hydroxylation is 2. The largest absolute Gasteiger partial charge is 0.416 e. The Morgan fingerprint density at radius 1 is 1.07 bits per heavy atom. The molecule has 2 heterocycles. The second kappa shape index (κ2) is 11.6. The highest BCUT2D eigenvalue weighted by Crippen LogP contribution is 2.34. The summed E-state index contributed by atoms with van der Waals surface area (Å²) in [5.41, 5.74) is 10.5. The summed E-state index contributed by atoms with van der Waals surface area (Å²) in [7, 11) is 7.48. The first-order valence-electron chi connectivity index (χ1n) is 12.9. The quantitative estimate of drug-likeness (QED) is 0.358. The van der Waals surface area contributed by atoms with E-state index in [2.05, 4.69) is 21.4 Å². The lowest BCUT2D eigenvalue weighted by Gasteiger charge is -2.23. The molecule has 2 aromatic carbocycles. The van der Waals surface area contributed by atoms with Gasteiger partial charge < -0.3 is 20.5 Å². The van der Waals surface area contributed by atoms with E-state index in [0.717, 1.165) is 53.3 Å². The Bertz CT molecular complexity index is 1410. The molecule has 0 unspecified atom stereocenters. The highest BCUT2D eigenvalue weighted by molar-refractivity contribution is 6.05. The standard InChI is InChI=1S/C28H35F3N8O/c1-18-8-9-22(15-26(18)39-17-25(34-35-39)24-16-32-38(6)19(24)2)33-27(40)20-12-21(28(29,30)31)14-23(13-20)37(5)11-7-10-36(3)4/h8-9,12-17,34-35H,7,10-11H2,1-6H3,(H,33,40). The van der Waals surface area contributed by atoms with Gasteiger partial charge in [-0.2, -0.15) is 18.3 Å². The van der Waals surface area contributed by atoms with Crippen molar-refractivity contribution in [3.8, 4) is 0 Å². The van der Waals surface area contributed by atoms with Crippen LogP contribution in [0.5, 0.6) is 0 Å². The van der Waals surface area contributed by atoms with Gasteiger partial charge in [-0.25, -0.2) is 0 Å². The first-order chi connectivity index (χ1) is 18.8. The summed E-state index contributed by atoms with van der Waals surface area (Å²) in [4.78, 5) is 16.9. The van der Waals surface area contributed by atoms with Gasteiger partial charge in [0.05, 0.1) is 23.1 Å². The van der Waals surface area contributed by atoms with Gasteiger partial charge in [0, 0.05) is 55.0 Å². The maximum absolute atomic E-state index is 13.7. The van der Waals surface area contributed by atoms with Crippen molar-refractivity contribution >= 4 is 28.7 Å². The summed E-state index contributed by atoms with van der Waals surface area (Å²) >= 11 is 0. The number of aromatic nitrogens is 2. The lowest BCUT2D eigenvalue weighted by Crippen LogP contribution is -2.36. The third-order valence-corrected chi connectivity index (χ3v) is 6.87. The molecule has 0 saturated carbocycles. The third kappa shape index (κ3) is 6.57. The van der Waals surface area contributed by atoms with Crippen LogP contribution >= 0.6 is 0 Å². The van der Waals surface area contributed by atoms with Gasteiger partial charge in [0.15, 0.2) is 0 Å². The van der Waals surface area contributed by atoms with Crippen molar-refractivity contribution < 1.29 is 18.0 Å². The van der Waals surface area contributed by atoms with Crippen molar-refractivity contribution in [1.82, 2.24) is 25.6 Å². The Morgan fingerprint density at radius 2 is 1.82 bits per heavy atom. The molecular weight excluding hydrogens is 521 g/mol. The molecule has 0 fully saturated rings. The second-order valence-corrected chi connectivity index (χ2v) is 10.2. The van der Waals surface area contributed by atoms with Gasteiger partial charge in [0.2, 0.25) is 0 Å². The maximum atomic E-state index is 13.7. The number of alkyl halides is 3. The summed E-state index contributed by atoms with van der Waals surface area (Å²) in [5.74, 6) is -0.626. The zero-order chi connectivity index (χ0) is 29.2. The number of anilines is 3. The van der Waals surface area contributed by atoms with Crippen molar-refractivity contribution in [2.24, 2.45) is 7.05 Å². The van der Waals surface area contributed by atoms with Gasteiger partial charge in [0.25, 0.3) is 5.91 Å². The van der Waals surface area contributed by atoms with E-state index >= 15 is 0 Å². The number of amides is 1. The summed E-state index contributed by atoms with van der Waals surface area (Å²) < 4.78 is 43.0. The number of carbonyl (C=O) groups excluding carboxylic acids is 1. The van der Waals surface area contributed by atoms with Crippen molar-refractivity contribution in [3.05, 3.63) is 76.7 Å².